The van der Waals surface area contributed by atoms with Crippen LogP contribution in [0.15, 0.2) is 65.7 Å². The second-order valence-electron chi connectivity index (χ2n) is 6.77. The zero-order valence-corrected chi connectivity index (χ0v) is 14.8. The number of carbonyl (C=O) groups is 3. The summed E-state index contributed by atoms with van der Waals surface area (Å²) >= 11 is 0. The van der Waals surface area contributed by atoms with Gasteiger partial charge in [0.2, 0.25) is 0 Å². The van der Waals surface area contributed by atoms with Crippen LogP contribution in [0.2, 0.25) is 0 Å². The van der Waals surface area contributed by atoms with E-state index in [-0.39, 0.29) is 36.7 Å². The molecular formula is C22H21NO4. The fraction of sp³-hybridized carbons (Fsp3) is 0.273. The van der Waals surface area contributed by atoms with Crippen molar-refractivity contribution in [3.63, 3.8) is 0 Å². The van der Waals surface area contributed by atoms with Crippen molar-refractivity contribution in [1.29, 1.82) is 0 Å². The summed E-state index contributed by atoms with van der Waals surface area (Å²) in [4.78, 5) is 40.5. The first-order chi connectivity index (χ1) is 13.0. The van der Waals surface area contributed by atoms with Gasteiger partial charge in [-0.25, -0.2) is 4.79 Å². The van der Waals surface area contributed by atoms with Crippen molar-refractivity contribution in [2.45, 2.75) is 31.2 Å². The number of hydrogen-bond donors (Lipinski definition) is 1. The molecule has 2 aromatic rings. The first kappa shape index (κ1) is 18.7. The van der Waals surface area contributed by atoms with Gasteiger partial charge in [-0.3, -0.25) is 14.6 Å². The molecule has 0 amide bonds. The molecule has 0 spiro atoms. The maximum Gasteiger partial charge on any atom is 0.328 e. The van der Waals surface area contributed by atoms with Crippen LogP contribution in [0.25, 0.3) is 0 Å². The molecule has 138 valence electrons. The van der Waals surface area contributed by atoms with Gasteiger partial charge in [0.1, 0.15) is 17.5 Å². The van der Waals surface area contributed by atoms with E-state index in [4.69, 9.17) is 0 Å². The molecule has 1 saturated carbocycles. The lowest BCUT2D eigenvalue weighted by Crippen LogP contribution is -2.34. The predicted molar refractivity (Wildman–Crippen MR) is 102 cm³/mol. The van der Waals surface area contributed by atoms with Gasteiger partial charge >= 0.3 is 5.97 Å². The fourth-order valence-electron chi connectivity index (χ4n) is 3.35. The molecule has 0 aromatic heterocycles. The van der Waals surface area contributed by atoms with Gasteiger partial charge in [-0.15, -0.1) is 0 Å². The normalized spacial score (nSPS) is 21.3. The highest BCUT2D eigenvalue weighted by atomic mass is 16.4. The van der Waals surface area contributed by atoms with Crippen LogP contribution in [-0.4, -0.2) is 34.9 Å². The standard InChI is InChI=1S/C22H21NO4/c24-20-12-17(16-9-5-2-6-10-16)13-21(25)18(20)14-23-19(22(26)27)11-15-7-3-1-4-8-15/h1-10,14,17-19H,11-13H2,(H,26,27)/t17?,18?,19-/m1/s1. The number of benzene rings is 2. The largest absolute Gasteiger partial charge is 0.480 e. The molecule has 1 aliphatic carbocycles. The summed E-state index contributed by atoms with van der Waals surface area (Å²) in [6.07, 6.45) is 1.99. The van der Waals surface area contributed by atoms with Crippen molar-refractivity contribution in [2.75, 3.05) is 0 Å². The van der Waals surface area contributed by atoms with Crippen LogP contribution in [0.3, 0.4) is 0 Å². The molecule has 0 heterocycles. The second-order valence-corrected chi connectivity index (χ2v) is 6.77. The summed E-state index contributed by atoms with van der Waals surface area (Å²) in [6, 6.07) is 17.7. The summed E-state index contributed by atoms with van der Waals surface area (Å²) < 4.78 is 0. The Balaban J connectivity index is 1.69. The quantitative estimate of drug-likeness (QED) is 0.631. The average molecular weight is 363 g/mol. The van der Waals surface area contributed by atoms with E-state index in [1.807, 2.05) is 60.7 Å². The molecule has 0 aliphatic heterocycles. The summed E-state index contributed by atoms with van der Waals surface area (Å²) in [5.74, 6) is -2.54. The lowest BCUT2D eigenvalue weighted by Gasteiger charge is -2.24. The van der Waals surface area contributed by atoms with Crippen molar-refractivity contribution in [3.8, 4) is 0 Å². The zero-order valence-electron chi connectivity index (χ0n) is 14.8. The van der Waals surface area contributed by atoms with Crippen molar-refractivity contribution in [2.24, 2.45) is 10.9 Å². The van der Waals surface area contributed by atoms with E-state index in [2.05, 4.69) is 4.99 Å². The number of carboxylic acid groups (broad SMARTS) is 1. The van der Waals surface area contributed by atoms with E-state index >= 15 is 0 Å². The first-order valence-corrected chi connectivity index (χ1v) is 8.95. The second kappa shape index (κ2) is 8.54. The minimum absolute atomic E-state index is 0.115. The van der Waals surface area contributed by atoms with E-state index in [1.165, 1.54) is 6.21 Å². The molecular weight excluding hydrogens is 342 g/mol. The topological polar surface area (TPSA) is 83.8 Å². The Morgan fingerprint density at radius 1 is 1.00 bits per heavy atom. The molecule has 27 heavy (non-hydrogen) atoms. The highest BCUT2D eigenvalue weighted by molar-refractivity contribution is 6.16. The summed E-state index contributed by atoms with van der Waals surface area (Å²) in [7, 11) is 0. The van der Waals surface area contributed by atoms with E-state index in [1.54, 1.807) is 0 Å². The Morgan fingerprint density at radius 3 is 2.11 bits per heavy atom. The number of carbonyl (C=O) groups excluding carboxylic acids is 2. The van der Waals surface area contributed by atoms with Gasteiger partial charge < -0.3 is 5.11 Å². The minimum Gasteiger partial charge on any atom is -0.480 e. The lowest BCUT2D eigenvalue weighted by atomic mass is 9.77. The molecule has 3 rings (SSSR count). The SMILES string of the molecule is O=C1CC(c2ccccc2)CC(=O)C1C=N[C@H](Cc1ccccc1)C(=O)O. The molecule has 5 heteroatoms. The highest BCUT2D eigenvalue weighted by Crippen LogP contribution is 2.31. The molecule has 1 fully saturated rings. The molecule has 0 saturated heterocycles. The maximum atomic E-state index is 12.5. The van der Waals surface area contributed by atoms with Crippen LogP contribution in [0.1, 0.15) is 29.9 Å². The van der Waals surface area contributed by atoms with E-state index < -0.39 is 17.9 Å². The summed E-state index contributed by atoms with van der Waals surface area (Å²) in [5.41, 5.74) is 1.81. The number of Topliss-reactive ketones (excluding diaryl/α,β-unsaturated/α-hetero) is 2. The zero-order chi connectivity index (χ0) is 19.2. The van der Waals surface area contributed by atoms with Crippen LogP contribution >= 0.6 is 0 Å². The van der Waals surface area contributed by atoms with Gasteiger partial charge in [0.15, 0.2) is 6.04 Å². The van der Waals surface area contributed by atoms with Gasteiger partial charge in [-0.05, 0) is 17.0 Å². The number of aliphatic carboxylic acids is 1. The number of ketones is 2. The van der Waals surface area contributed by atoms with Crippen LogP contribution < -0.4 is 0 Å². The molecule has 5 nitrogen and oxygen atoms in total. The smallest absolute Gasteiger partial charge is 0.328 e. The van der Waals surface area contributed by atoms with E-state index in [0.29, 0.717) is 0 Å². The van der Waals surface area contributed by atoms with Crippen molar-refractivity contribution in [3.05, 3.63) is 71.8 Å². The van der Waals surface area contributed by atoms with Gasteiger partial charge in [0.05, 0.1) is 0 Å². The molecule has 1 N–H and O–H groups in total. The Labute approximate surface area is 157 Å². The third-order valence-corrected chi connectivity index (χ3v) is 4.83. The van der Waals surface area contributed by atoms with E-state index in [0.717, 1.165) is 11.1 Å². The van der Waals surface area contributed by atoms with Crippen LogP contribution in [-0.2, 0) is 20.8 Å². The molecule has 0 unspecified atom stereocenters. The molecule has 1 atom stereocenters. The molecule has 0 radical (unpaired) electrons. The Kier molecular flexibility index (Phi) is 5.91. The Hall–Kier alpha value is -3.08. The molecule has 1 aliphatic rings. The van der Waals surface area contributed by atoms with Crippen molar-refractivity contribution >= 4 is 23.8 Å². The number of carboxylic acids is 1. The van der Waals surface area contributed by atoms with Crippen LogP contribution in [0.4, 0.5) is 0 Å². The van der Waals surface area contributed by atoms with E-state index in [9.17, 15) is 19.5 Å². The Bertz CT molecular complexity index is 827. The number of hydrogen-bond acceptors (Lipinski definition) is 4. The summed E-state index contributed by atoms with van der Waals surface area (Å²) in [5, 5.41) is 9.40. The third kappa shape index (κ3) is 4.76. The lowest BCUT2D eigenvalue weighted by molar-refractivity contribution is -0.138. The van der Waals surface area contributed by atoms with Gasteiger partial charge in [-0.1, -0.05) is 60.7 Å². The van der Waals surface area contributed by atoms with Crippen molar-refractivity contribution < 1.29 is 19.5 Å². The monoisotopic (exact) mass is 363 g/mol. The number of rotatable bonds is 6. The third-order valence-electron chi connectivity index (χ3n) is 4.83. The first-order valence-electron chi connectivity index (χ1n) is 8.95. The maximum absolute atomic E-state index is 12.5. The van der Waals surface area contributed by atoms with Crippen LogP contribution in [0.5, 0.6) is 0 Å². The molecule has 0 bridgehead atoms. The number of aliphatic imine (C=N–C) groups is 1. The van der Waals surface area contributed by atoms with Gasteiger partial charge in [-0.2, -0.15) is 0 Å². The highest BCUT2D eigenvalue weighted by Gasteiger charge is 2.35. The minimum atomic E-state index is -1.08. The van der Waals surface area contributed by atoms with Crippen LogP contribution in [0, 0.1) is 5.92 Å². The summed E-state index contributed by atoms with van der Waals surface area (Å²) in [6.45, 7) is 0. The van der Waals surface area contributed by atoms with Gasteiger partial charge in [0, 0.05) is 25.5 Å². The average Bonchev–Trinajstić information content (AvgIpc) is 2.67. The number of nitrogens with zero attached hydrogens (tertiary/aromatic N) is 1. The van der Waals surface area contributed by atoms with Gasteiger partial charge in [0.25, 0.3) is 0 Å². The predicted octanol–water partition coefficient (Wildman–Crippen LogP) is 3.09. The fourth-order valence-corrected chi connectivity index (χ4v) is 3.35. The van der Waals surface area contributed by atoms with Crippen molar-refractivity contribution in [1.82, 2.24) is 0 Å². The molecule has 2 aromatic carbocycles. The Morgan fingerprint density at radius 2 is 1.56 bits per heavy atom.